The third kappa shape index (κ3) is 3.17. The fraction of sp³-hybridized carbons (Fsp3) is 0.111. The van der Waals surface area contributed by atoms with E-state index >= 15 is 0 Å². The number of halogens is 2. The molecule has 0 aliphatic carbocycles. The second kappa shape index (κ2) is 6.23. The van der Waals surface area contributed by atoms with Crippen LogP contribution in [-0.4, -0.2) is 10.9 Å². The molecule has 0 saturated heterocycles. The number of rotatable bonds is 3. The van der Waals surface area contributed by atoms with Gasteiger partial charge >= 0.3 is 0 Å². The SMILES string of the molecule is Cc1ccc(-c2nc(C(=O)Nc3cc(F)ccc3F)c(C)o2)cc1. The molecule has 3 aromatic rings. The number of amides is 1. The van der Waals surface area contributed by atoms with E-state index in [1.165, 1.54) is 0 Å². The van der Waals surface area contributed by atoms with Crippen LogP contribution >= 0.6 is 0 Å². The Hall–Kier alpha value is -3.02. The monoisotopic (exact) mass is 328 g/mol. The van der Waals surface area contributed by atoms with Gasteiger partial charge in [0.1, 0.15) is 17.4 Å². The molecule has 0 fully saturated rings. The van der Waals surface area contributed by atoms with Gasteiger partial charge in [0.15, 0.2) is 5.69 Å². The molecule has 1 aromatic heterocycles. The maximum Gasteiger partial charge on any atom is 0.278 e. The number of aromatic nitrogens is 1. The summed E-state index contributed by atoms with van der Waals surface area (Å²) in [6.45, 7) is 3.54. The zero-order valence-corrected chi connectivity index (χ0v) is 13.1. The van der Waals surface area contributed by atoms with Gasteiger partial charge in [0.2, 0.25) is 5.89 Å². The molecule has 122 valence electrons. The first kappa shape index (κ1) is 15.9. The quantitative estimate of drug-likeness (QED) is 0.771. The van der Waals surface area contributed by atoms with Gasteiger partial charge in [-0.2, -0.15) is 0 Å². The van der Waals surface area contributed by atoms with Crippen LogP contribution in [0.1, 0.15) is 21.8 Å². The third-order valence-corrected chi connectivity index (χ3v) is 3.49. The molecule has 4 nitrogen and oxygen atoms in total. The van der Waals surface area contributed by atoms with E-state index in [0.29, 0.717) is 5.76 Å². The Labute approximate surface area is 137 Å². The molecule has 0 unspecified atom stereocenters. The van der Waals surface area contributed by atoms with Crippen LogP contribution in [0.4, 0.5) is 14.5 Å². The van der Waals surface area contributed by atoms with Gasteiger partial charge in [-0.05, 0) is 38.1 Å². The first-order valence-electron chi connectivity index (χ1n) is 7.25. The van der Waals surface area contributed by atoms with Gasteiger partial charge in [-0.1, -0.05) is 17.7 Å². The van der Waals surface area contributed by atoms with Crippen LogP contribution in [0.2, 0.25) is 0 Å². The Bertz CT molecular complexity index is 902. The summed E-state index contributed by atoms with van der Waals surface area (Å²) in [6, 6.07) is 10.3. The van der Waals surface area contributed by atoms with Crippen LogP contribution in [-0.2, 0) is 0 Å². The molecule has 2 aromatic carbocycles. The molecule has 0 aliphatic rings. The molecule has 1 heterocycles. The Morgan fingerprint density at radius 2 is 1.79 bits per heavy atom. The van der Waals surface area contributed by atoms with Gasteiger partial charge < -0.3 is 9.73 Å². The van der Waals surface area contributed by atoms with Gasteiger partial charge in [0.05, 0.1) is 5.69 Å². The number of anilines is 1. The fourth-order valence-corrected chi connectivity index (χ4v) is 2.20. The third-order valence-electron chi connectivity index (χ3n) is 3.49. The Morgan fingerprint density at radius 3 is 2.50 bits per heavy atom. The molecule has 6 heteroatoms. The number of oxazole rings is 1. The highest BCUT2D eigenvalue weighted by molar-refractivity contribution is 6.03. The molecule has 0 spiro atoms. The van der Waals surface area contributed by atoms with E-state index in [4.69, 9.17) is 4.42 Å². The van der Waals surface area contributed by atoms with Gasteiger partial charge in [0, 0.05) is 11.6 Å². The van der Waals surface area contributed by atoms with Crippen LogP contribution in [0.25, 0.3) is 11.5 Å². The summed E-state index contributed by atoms with van der Waals surface area (Å²) in [7, 11) is 0. The van der Waals surface area contributed by atoms with E-state index in [0.717, 1.165) is 29.3 Å². The van der Waals surface area contributed by atoms with E-state index < -0.39 is 17.5 Å². The Kier molecular flexibility index (Phi) is 4.12. The van der Waals surface area contributed by atoms with E-state index in [9.17, 15) is 13.6 Å². The lowest BCUT2D eigenvalue weighted by atomic mass is 10.1. The van der Waals surface area contributed by atoms with Gasteiger partial charge in [-0.15, -0.1) is 0 Å². The summed E-state index contributed by atoms with van der Waals surface area (Å²) in [5.41, 5.74) is 1.58. The normalized spacial score (nSPS) is 10.7. The molecule has 0 atom stereocenters. The number of benzene rings is 2. The van der Waals surface area contributed by atoms with Crippen molar-refractivity contribution in [3.63, 3.8) is 0 Å². The maximum absolute atomic E-state index is 13.6. The number of hydrogen-bond donors (Lipinski definition) is 1. The van der Waals surface area contributed by atoms with Crippen LogP contribution in [0.5, 0.6) is 0 Å². The second-order valence-corrected chi connectivity index (χ2v) is 5.37. The largest absolute Gasteiger partial charge is 0.441 e. The highest BCUT2D eigenvalue weighted by Gasteiger charge is 2.19. The average Bonchev–Trinajstić information content (AvgIpc) is 2.93. The minimum absolute atomic E-state index is 0.0224. The molecule has 0 radical (unpaired) electrons. The van der Waals surface area contributed by atoms with Crippen molar-refractivity contribution < 1.29 is 18.0 Å². The minimum Gasteiger partial charge on any atom is -0.441 e. The van der Waals surface area contributed by atoms with Gasteiger partial charge in [0.25, 0.3) is 5.91 Å². The number of carbonyl (C=O) groups is 1. The summed E-state index contributed by atoms with van der Waals surface area (Å²) in [5, 5.41) is 2.31. The summed E-state index contributed by atoms with van der Waals surface area (Å²) >= 11 is 0. The zero-order chi connectivity index (χ0) is 17.3. The van der Waals surface area contributed by atoms with Crippen molar-refractivity contribution in [1.29, 1.82) is 0 Å². The molecule has 0 saturated carbocycles. The van der Waals surface area contributed by atoms with Gasteiger partial charge in [-0.3, -0.25) is 4.79 Å². The van der Waals surface area contributed by atoms with Crippen molar-refractivity contribution in [3.05, 3.63) is 71.1 Å². The second-order valence-electron chi connectivity index (χ2n) is 5.37. The topological polar surface area (TPSA) is 55.1 Å². The number of carbonyl (C=O) groups excluding carboxylic acids is 1. The van der Waals surface area contributed by atoms with Crippen molar-refractivity contribution in [2.75, 3.05) is 5.32 Å². The summed E-state index contributed by atoms with van der Waals surface area (Å²) in [5.74, 6) is -1.47. The minimum atomic E-state index is -0.732. The lowest BCUT2D eigenvalue weighted by molar-refractivity contribution is 0.102. The molecule has 0 bridgehead atoms. The van der Waals surface area contributed by atoms with Crippen molar-refractivity contribution in [1.82, 2.24) is 4.98 Å². The molecule has 3 rings (SSSR count). The van der Waals surface area contributed by atoms with Crippen LogP contribution in [0.15, 0.2) is 46.9 Å². The molecule has 24 heavy (non-hydrogen) atoms. The van der Waals surface area contributed by atoms with Crippen molar-refractivity contribution in [3.8, 4) is 11.5 Å². The number of hydrogen-bond acceptors (Lipinski definition) is 3. The predicted octanol–water partition coefficient (Wildman–Crippen LogP) is 4.49. The Morgan fingerprint density at radius 1 is 1.08 bits per heavy atom. The molecular weight excluding hydrogens is 314 g/mol. The Balaban J connectivity index is 1.88. The summed E-state index contributed by atoms with van der Waals surface area (Å²) in [4.78, 5) is 16.4. The number of nitrogens with one attached hydrogen (secondary N) is 1. The van der Waals surface area contributed by atoms with Crippen LogP contribution in [0, 0.1) is 25.5 Å². The first-order chi connectivity index (χ1) is 11.4. The zero-order valence-electron chi connectivity index (χ0n) is 13.1. The van der Waals surface area contributed by atoms with Crippen LogP contribution < -0.4 is 5.32 Å². The lowest BCUT2D eigenvalue weighted by Gasteiger charge is -2.04. The van der Waals surface area contributed by atoms with Crippen molar-refractivity contribution in [2.24, 2.45) is 0 Å². The van der Waals surface area contributed by atoms with E-state index in [-0.39, 0.29) is 17.3 Å². The van der Waals surface area contributed by atoms with Crippen LogP contribution in [0.3, 0.4) is 0 Å². The molecule has 1 N–H and O–H groups in total. The smallest absolute Gasteiger partial charge is 0.278 e. The average molecular weight is 328 g/mol. The van der Waals surface area contributed by atoms with E-state index in [2.05, 4.69) is 10.3 Å². The standard InChI is InChI=1S/C18H14F2N2O2/c1-10-3-5-12(6-4-10)18-22-16(11(2)24-18)17(23)21-15-9-13(19)7-8-14(15)20/h3-9H,1-2H3,(H,21,23). The number of aryl methyl sites for hydroxylation is 2. The lowest BCUT2D eigenvalue weighted by Crippen LogP contribution is -2.14. The number of nitrogens with zero attached hydrogens (tertiary/aromatic N) is 1. The van der Waals surface area contributed by atoms with E-state index in [1.807, 2.05) is 31.2 Å². The highest BCUT2D eigenvalue weighted by atomic mass is 19.1. The van der Waals surface area contributed by atoms with E-state index in [1.54, 1.807) is 6.92 Å². The highest BCUT2D eigenvalue weighted by Crippen LogP contribution is 2.23. The molecule has 1 amide bonds. The summed E-state index contributed by atoms with van der Waals surface area (Å²) < 4.78 is 32.3. The molecular formula is C18H14F2N2O2. The maximum atomic E-state index is 13.6. The predicted molar refractivity (Wildman–Crippen MR) is 85.7 cm³/mol. The fourth-order valence-electron chi connectivity index (χ4n) is 2.20. The van der Waals surface area contributed by atoms with Crippen molar-refractivity contribution >= 4 is 11.6 Å². The van der Waals surface area contributed by atoms with Crippen molar-refractivity contribution in [2.45, 2.75) is 13.8 Å². The molecule has 0 aliphatic heterocycles. The van der Waals surface area contributed by atoms with Gasteiger partial charge in [-0.25, -0.2) is 13.8 Å². The first-order valence-corrected chi connectivity index (χ1v) is 7.25. The summed E-state index contributed by atoms with van der Waals surface area (Å²) in [6.07, 6.45) is 0.